The molecule has 90 valence electrons. The van der Waals surface area contributed by atoms with Gasteiger partial charge in [-0.05, 0) is 17.5 Å². The number of benzene rings is 1. The van der Waals surface area contributed by atoms with E-state index < -0.39 is 0 Å². The topological polar surface area (TPSA) is 37.4 Å². The lowest BCUT2D eigenvalue weighted by atomic mass is 10.1. The van der Waals surface area contributed by atoms with E-state index in [4.69, 9.17) is 4.84 Å². The summed E-state index contributed by atoms with van der Waals surface area (Å²) in [5.41, 5.74) is 3.52. The Labute approximate surface area is 109 Å². The van der Waals surface area contributed by atoms with Crippen molar-refractivity contribution in [1.82, 2.24) is 4.98 Å². The molecule has 0 amide bonds. The Balaban J connectivity index is 2.15. The van der Waals surface area contributed by atoms with Crippen molar-refractivity contribution < 1.29 is 4.84 Å². The molecule has 0 bridgehead atoms. The number of rotatable bonds is 3. The van der Waals surface area contributed by atoms with Gasteiger partial charge in [-0.3, -0.25) is 0 Å². The van der Waals surface area contributed by atoms with Crippen LogP contribution in [0, 0.1) is 0 Å². The number of hydrogen-bond acceptors (Lipinski definition) is 3. The minimum absolute atomic E-state index is 1.10. The molecular weight excluding hydrogens is 244 g/mol. The molecule has 3 aromatic rings. The van der Waals surface area contributed by atoms with E-state index in [2.05, 4.69) is 39.8 Å². The minimum Gasteiger partial charge on any atom is -0.399 e. The van der Waals surface area contributed by atoms with Crippen molar-refractivity contribution >= 4 is 28.5 Å². The monoisotopic (exact) mass is 256 g/mol. The lowest BCUT2D eigenvalue weighted by molar-refractivity contribution is 0.215. The summed E-state index contributed by atoms with van der Waals surface area (Å²) < 4.78 is 0. The normalized spacial score (nSPS) is 11.4. The zero-order valence-electron chi connectivity index (χ0n) is 9.88. The lowest BCUT2D eigenvalue weighted by Gasteiger charge is -1.98. The molecule has 18 heavy (non-hydrogen) atoms. The van der Waals surface area contributed by atoms with Gasteiger partial charge in [0.05, 0.1) is 11.1 Å². The highest BCUT2D eigenvalue weighted by Crippen LogP contribution is 2.32. The summed E-state index contributed by atoms with van der Waals surface area (Å²) in [6.07, 6.45) is 3.79. The number of para-hydroxylation sites is 1. The third-order valence-corrected chi connectivity index (χ3v) is 3.70. The van der Waals surface area contributed by atoms with E-state index >= 15 is 0 Å². The van der Waals surface area contributed by atoms with Gasteiger partial charge in [-0.1, -0.05) is 23.4 Å². The van der Waals surface area contributed by atoms with Crippen LogP contribution in [0.1, 0.15) is 4.88 Å². The van der Waals surface area contributed by atoms with Crippen LogP contribution in [0.25, 0.3) is 22.0 Å². The highest BCUT2D eigenvalue weighted by atomic mass is 32.1. The number of nitrogens with zero attached hydrogens (tertiary/aromatic N) is 1. The summed E-state index contributed by atoms with van der Waals surface area (Å²) in [4.78, 5) is 9.13. The summed E-state index contributed by atoms with van der Waals surface area (Å²) >= 11 is 1.65. The van der Waals surface area contributed by atoms with Crippen LogP contribution in [0.5, 0.6) is 0 Å². The van der Waals surface area contributed by atoms with Gasteiger partial charge < -0.3 is 9.82 Å². The average molecular weight is 256 g/mol. The first-order valence-electron chi connectivity index (χ1n) is 5.60. The van der Waals surface area contributed by atoms with E-state index in [0.29, 0.717) is 0 Å². The number of H-pyrrole nitrogens is 1. The fraction of sp³-hybridized carbons (Fsp3) is 0.0714. The van der Waals surface area contributed by atoms with Crippen molar-refractivity contribution in [2.75, 3.05) is 7.11 Å². The minimum atomic E-state index is 1.10. The Hall–Kier alpha value is -2.07. The van der Waals surface area contributed by atoms with Crippen LogP contribution in [-0.2, 0) is 4.84 Å². The molecule has 0 fully saturated rings. The Morgan fingerprint density at radius 2 is 2.11 bits per heavy atom. The number of hydrogen-bond donors (Lipinski definition) is 1. The van der Waals surface area contributed by atoms with E-state index in [1.165, 1.54) is 16.5 Å². The maximum atomic E-state index is 4.74. The second-order valence-corrected chi connectivity index (χ2v) is 4.81. The van der Waals surface area contributed by atoms with Crippen LogP contribution in [0.3, 0.4) is 0 Å². The molecule has 0 aliphatic heterocycles. The van der Waals surface area contributed by atoms with E-state index in [0.717, 1.165) is 10.4 Å². The highest BCUT2D eigenvalue weighted by molar-refractivity contribution is 7.12. The van der Waals surface area contributed by atoms with Crippen molar-refractivity contribution in [3.8, 4) is 11.1 Å². The predicted molar refractivity (Wildman–Crippen MR) is 76.2 cm³/mol. The van der Waals surface area contributed by atoms with Gasteiger partial charge in [0.25, 0.3) is 0 Å². The second-order valence-electron chi connectivity index (χ2n) is 3.86. The van der Waals surface area contributed by atoms with Crippen molar-refractivity contribution in [3.05, 3.63) is 46.8 Å². The van der Waals surface area contributed by atoms with Gasteiger partial charge in [-0.2, -0.15) is 0 Å². The zero-order chi connectivity index (χ0) is 12.4. The maximum Gasteiger partial charge on any atom is 0.106 e. The molecule has 0 unspecified atom stereocenters. The summed E-state index contributed by atoms with van der Waals surface area (Å²) in [7, 11) is 1.55. The molecule has 0 radical (unpaired) electrons. The van der Waals surface area contributed by atoms with Gasteiger partial charge in [0.1, 0.15) is 7.11 Å². The van der Waals surface area contributed by atoms with E-state index in [1.807, 2.05) is 12.3 Å². The van der Waals surface area contributed by atoms with Crippen molar-refractivity contribution in [3.63, 3.8) is 0 Å². The smallest absolute Gasteiger partial charge is 0.106 e. The fourth-order valence-corrected chi connectivity index (χ4v) is 2.80. The molecular formula is C14H12N2OS. The molecule has 2 heterocycles. The van der Waals surface area contributed by atoms with Crippen molar-refractivity contribution in [2.45, 2.75) is 0 Å². The molecule has 0 saturated carbocycles. The largest absolute Gasteiger partial charge is 0.399 e. The van der Waals surface area contributed by atoms with Gasteiger partial charge in [0.15, 0.2) is 0 Å². The van der Waals surface area contributed by atoms with Gasteiger partial charge in [0, 0.05) is 28.2 Å². The molecule has 0 atom stereocenters. The van der Waals surface area contributed by atoms with Crippen molar-refractivity contribution in [2.24, 2.45) is 5.16 Å². The zero-order valence-corrected chi connectivity index (χ0v) is 10.7. The van der Waals surface area contributed by atoms with Gasteiger partial charge in [-0.15, -0.1) is 11.3 Å². The Bertz CT molecular complexity index is 696. The standard InChI is InChI=1S/C14H12N2OS/c1-17-16-9-14-11(6-7-18-14)12-8-15-13-5-3-2-4-10(12)13/h2-9,15H,1H3/b16-9-. The molecule has 3 rings (SSSR count). The summed E-state index contributed by atoms with van der Waals surface area (Å²) in [5.74, 6) is 0. The summed E-state index contributed by atoms with van der Waals surface area (Å²) in [5, 5.41) is 7.13. The van der Waals surface area contributed by atoms with Crippen LogP contribution in [0.15, 0.2) is 47.1 Å². The van der Waals surface area contributed by atoms with E-state index in [9.17, 15) is 0 Å². The number of fused-ring (bicyclic) bond motifs is 1. The molecule has 0 saturated heterocycles. The first-order valence-corrected chi connectivity index (χ1v) is 6.48. The second kappa shape index (κ2) is 4.66. The molecule has 3 nitrogen and oxygen atoms in total. The lowest BCUT2D eigenvalue weighted by Crippen LogP contribution is -1.81. The quantitative estimate of drug-likeness (QED) is 0.560. The van der Waals surface area contributed by atoms with Gasteiger partial charge in [0.2, 0.25) is 0 Å². The van der Waals surface area contributed by atoms with Crippen LogP contribution < -0.4 is 0 Å². The third kappa shape index (κ3) is 1.80. The van der Waals surface area contributed by atoms with Crippen LogP contribution in [0.4, 0.5) is 0 Å². The first kappa shape index (κ1) is 11.0. The van der Waals surface area contributed by atoms with E-state index in [1.54, 1.807) is 24.7 Å². The number of aromatic nitrogens is 1. The van der Waals surface area contributed by atoms with Crippen LogP contribution in [-0.4, -0.2) is 18.3 Å². The molecule has 0 aliphatic rings. The summed E-state index contributed by atoms with van der Waals surface area (Å²) in [6, 6.07) is 10.4. The predicted octanol–water partition coefficient (Wildman–Crippen LogP) is 3.88. The average Bonchev–Trinajstić information content (AvgIpc) is 3.02. The van der Waals surface area contributed by atoms with Gasteiger partial charge >= 0.3 is 0 Å². The third-order valence-electron chi connectivity index (χ3n) is 2.85. The van der Waals surface area contributed by atoms with Crippen LogP contribution >= 0.6 is 11.3 Å². The number of thiophene rings is 1. The van der Waals surface area contributed by atoms with Crippen molar-refractivity contribution in [1.29, 1.82) is 0 Å². The fourth-order valence-electron chi connectivity index (χ4n) is 2.04. The van der Waals surface area contributed by atoms with E-state index in [-0.39, 0.29) is 0 Å². The Kier molecular flexibility index (Phi) is 2.86. The molecule has 1 N–H and O–H groups in total. The molecule has 0 aliphatic carbocycles. The Morgan fingerprint density at radius 3 is 3.00 bits per heavy atom. The molecule has 2 aromatic heterocycles. The summed E-state index contributed by atoms with van der Waals surface area (Å²) in [6.45, 7) is 0. The first-order chi connectivity index (χ1) is 8.90. The molecule has 0 spiro atoms. The molecule has 1 aromatic carbocycles. The SMILES string of the molecule is CO/N=C\c1sccc1-c1c[nH]c2ccccc12. The number of aromatic amines is 1. The number of nitrogens with one attached hydrogen (secondary N) is 1. The Morgan fingerprint density at radius 1 is 1.22 bits per heavy atom. The highest BCUT2D eigenvalue weighted by Gasteiger charge is 2.10. The van der Waals surface area contributed by atoms with Crippen LogP contribution in [0.2, 0.25) is 0 Å². The molecule has 4 heteroatoms. The van der Waals surface area contributed by atoms with Gasteiger partial charge in [-0.25, -0.2) is 0 Å². The number of oxime groups is 1. The maximum absolute atomic E-state index is 4.74.